The van der Waals surface area contributed by atoms with Gasteiger partial charge in [0.2, 0.25) is 0 Å². The number of aryl methyl sites for hydroxylation is 2. The average Bonchev–Trinajstić information content (AvgIpc) is 3.55. The fraction of sp³-hybridized carbons (Fsp3) is 0.517. The maximum Gasteiger partial charge on any atom is 0.416 e. The number of hydrogen-bond donors (Lipinski definition) is 0. The number of aromatic nitrogens is 5. The first-order chi connectivity index (χ1) is 19.5. The highest BCUT2D eigenvalue weighted by molar-refractivity contribution is 5.88. The van der Waals surface area contributed by atoms with Crippen molar-refractivity contribution in [3.8, 4) is 6.07 Å². The van der Waals surface area contributed by atoms with E-state index in [2.05, 4.69) is 41.7 Å². The van der Waals surface area contributed by atoms with Crippen molar-refractivity contribution in [1.29, 1.82) is 5.26 Å². The van der Waals surface area contributed by atoms with Crippen LogP contribution in [0, 0.1) is 11.3 Å². The van der Waals surface area contributed by atoms with E-state index >= 15 is 0 Å². The molecule has 0 spiro atoms. The summed E-state index contributed by atoms with van der Waals surface area (Å²) in [4.78, 5) is 22.4. The lowest BCUT2D eigenvalue weighted by molar-refractivity contribution is -0.137. The van der Waals surface area contributed by atoms with Crippen molar-refractivity contribution >= 4 is 27.8 Å². The monoisotopic (exact) mass is 568 g/mol. The highest BCUT2D eigenvalue weighted by Crippen LogP contribution is 2.36. The number of imidazole rings is 1. The van der Waals surface area contributed by atoms with E-state index in [-0.39, 0.29) is 30.2 Å². The second-order valence-corrected chi connectivity index (χ2v) is 10.7. The summed E-state index contributed by atoms with van der Waals surface area (Å²) in [5, 5.41) is 13.8. The summed E-state index contributed by atoms with van der Waals surface area (Å²) in [6.07, 6.45) is -1.04. The molecule has 0 amide bonds. The molecule has 0 radical (unpaired) electrons. The van der Waals surface area contributed by atoms with Crippen LogP contribution in [0.3, 0.4) is 0 Å². The summed E-state index contributed by atoms with van der Waals surface area (Å²) in [6, 6.07) is 7.50. The molecule has 0 unspecified atom stereocenters. The quantitative estimate of drug-likeness (QED) is 0.309. The molecule has 218 valence electrons. The van der Waals surface area contributed by atoms with Gasteiger partial charge in [-0.1, -0.05) is 13.8 Å². The third-order valence-electron chi connectivity index (χ3n) is 8.45. The molecule has 1 aliphatic rings. The number of benzene rings is 1. The van der Waals surface area contributed by atoms with Crippen LogP contribution >= 0.6 is 0 Å². The fourth-order valence-electron chi connectivity index (χ4n) is 6.18. The van der Waals surface area contributed by atoms with Gasteiger partial charge in [-0.25, -0.2) is 4.98 Å². The van der Waals surface area contributed by atoms with Crippen molar-refractivity contribution in [3.05, 3.63) is 52.2 Å². The van der Waals surface area contributed by atoms with Gasteiger partial charge < -0.3 is 14.0 Å². The highest BCUT2D eigenvalue weighted by Gasteiger charge is 2.38. The minimum atomic E-state index is -4.42. The lowest BCUT2D eigenvalue weighted by atomic mass is 9.99. The molecule has 3 aromatic heterocycles. The molecule has 41 heavy (non-hydrogen) atoms. The topological polar surface area (TPSA) is 87.9 Å². The van der Waals surface area contributed by atoms with E-state index in [1.54, 1.807) is 28.6 Å². The zero-order valence-corrected chi connectivity index (χ0v) is 24.0. The maximum absolute atomic E-state index is 13.5. The number of halogens is 3. The Morgan fingerprint density at radius 2 is 1.83 bits per heavy atom. The average molecular weight is 569 g/mol. The fourth-order valence-corrected chi connectivity index (χ4v) is 6.18. The molecular weight excluding hydrogens is 533 g/mol. The Hall–Kier alpha value is -3.85. The summed E-state index contributed by atoms with van der Waals surface area (Å²) in [6.45, 7) is 10.2. The molecule has 0 N–H and O–H groups in total. The van der Waals surface area contributed by atoms with Gasteiger partial charge in [-0.05, 0) is 44.9 Å². The first-order valence-corrected chi connectivity index (χ1v) is 14.1. The summed E-state index contributed by atoms with van der Waals surface area (Å²) >= 11 is 0. The van der Waals surface area contributed by atoms with Gasteiger partial charge in [0.05, 0.1) is 46.1 Å². The number of rotatable bonds is 7. The third kappa shape index (κ3) is 4.96. The third-order valence-corrected chi connectivity index (χ3v) is 8.45. The summed E-state index contributed by atoms with van der Waals surface area (Å²) in [5.74, 6) is 0.745. The minimum absolute atomic E-state index is 0.0629. The van der Waals surface area contributed by atoms with Crippen LogP contribution in [0.2, 0.25) is 0 Å². The number of nitriles is 1. The SMILES string of the molecule is CC[C@H]1CN([C@@H](C)c2nc3ccc(C(F)(F)F)cc3n2CC)[C@H](CC)CN1c1cc(=O)n(C)c2cn(CC#N)nc12. The van der Waals surface area contributed by atoms with Gasteiger partial charge in [-0.3, -0.25) is 14.4 Å². The predicted octanol–water partition coefficient (Wildman–Crippen LogP) is 5.09. The standard InChI is InChI=1S/C29H35F3N8O/c1-6-20-16-40(24-14-26(41)36(5)25-17-37(12-11-33)35-27(24)25)21(7-2)15-39(20)18(4)28-34-22-10-9-19(29(30,31)32)13-23(22)38(28)8-3/h9-10,13-14,17-18,20-21H,6-8,12,15-16H2,1-5H3/t18-,20+,21-/m0/s1. The van der Waals surface area contributed by atoms with E-state index < -0.39 is 11.7 Å². The molecule has 0 saturated carbocycles. The Balaban J connectivity index is 1.53. The van der Waals surface area contributed by atoms with Crippen molar-refractivity contribution in [2.45, 2.75) is 77.9 Å². The maximum atomic E-state index is 13.5. The minimum Gasteiger partial charge on any atom is -0.364 e. The van der Waals surface area contributed by atoms with E-state index in [9.17, 15) is 23.2 Å². The van der Waals surface area contributed by atoms with Crippen molar-refractivity contribution in [2.24, 2.45) is 7.05 Å². The van der Waals surface area contributed by atoms with E-state index in [0.29, 0.717) is 41.7 Å². The molecule has 1 aliphatic heterocycles. The van der Waals surface area contributed by atoms with Crippen LogP contribution in [-0.4, -0.2) is 54.0 Å². The molecule has 4 heterocycles. The second kappa shape index (κ2) is 10.9. The number of fused-ring (bicyclic) bond motifs is 2. The van der Waals surface area contributed by atoms with Gasteiger partial charge >= 0.3 is 6.18 Å². The van der Waals surface area contributed by atoms with Gasteiger partial charge in [-0.2, -0.15) is 23.5 Å². The summed E-state index contributed by atoms with van der Waals surface area (Å²) in [5.41, 5.74) is 2.34. The molecule has 1 fully saturated rings. The predicted molar refractivity (Wildman–Crippen MR) is 152 cm³/mol. The molecular formula is C29H35F3N8O. The van der Waals surface area contributed by atoms with Crippen LogP contribution in [0.4, 0.5) is 18.9 Å². The Kier molecular flexibility index (Phi) is 7.59. The van der Waals surface area contributed by atoms with Crippen molar-refractivity contribution < 1.29 is 13.2 Å². The smallest absolute Gasteiger partial charge is 0.364 e. The van der Waals surface area contributed by atoms with Gasteiger partial charge in [-0.15, -0.1) is 0 Å². The van der Waals surface area contributed by atoms with Gasteiger partial charge in [0.25, 0.3) is 5.56 Å². The van der Waals surface area contributed by atoms with E-state index in [4.69, 9.17) is 4.98 Å². The zero-order valence-electron chi connectivity index (χ0n) is 24.0. The first kappa shape index (κ1) is 28.7. The second-order valence-electron chi connectivity index (χ2n) is 10.7. The van der Waals surface area contributed by atoms with Crippen LogP contribution in [-0.2, 0) is 26.3 Å². The first-order valence-electron chi connectivity index (χ1n) is 14.1. The molecule has 4 aromatic rings. The lowest BCUT2D eigenvalue weighted by Crippen LogP contribution is -2.59. The van der Waals surface area contributed by atoms with Crippen molar-refractivity contribution in [2.75, 3.05) is 18.0 Å². The molecule has 9 nitrogen and oxygen atoms in total. The number of anilines is 1. The Bertz CT molecular complexity index is 1680. The molecule has 3 atom stereocenters. The van der Waals surface area contributed by atoms with E-state index in [1.165, 1.54) is 12.1 Å². The highest BCUT2D eigenvalue weighted by atomic mass is 19.4. The number of nitrogens with zero attached hydrogens (tertiary/aromatic N) is 8. The molecule has 1 saturated heterocycles. The number of alkyl halides is 3. The lowest BCUT2D eigenvalue weighted by Gasteiger charge is -2.49. The molecule has 0 aliphatic carbocycles. The van der Waals surface area contributed by atoms with Crippen LogP contribution in [0.25, 0.3) is 22.1 Å². The Morgan fingerprint density at radius 3 is 2.46 bits per heavy atom. The van der Waals surface area contributed by atoms with E-state index in [0.717, 1.165) is 30.4 Å². The van der Waals surface area contributed by atoms with Gasteiger partial charge in [0, 0.05) is 44.8 Å². The molecule has 5 rings (SSSR count). The number of piperazine rings is 1. The largest absolute Gasteiger partial charge is 0.416 e. The summed E-state index contributed by atoms with van der Waals surface area (Å²) in [7, 11) is 1.70. The van der Waals surface area contributed by atoms with E-state index in [1.807, 2.05) is 11.5 Å². The Morgan fingerprint density at radius 1 is 1.10 bits per heavy atom. The normalized spacial score (nSPS) is 19.2. The molecule has 1 aromatic carbocycles. The van der Waals surface area contributed by atoms with Crippen LogP contribution < -0.4 is 10.5 Å². The summed E-state index contributed by atoms with van der Waals surface area (Å²) < 4.78 is 45.4. The number of pyridine rings is 1. The van der Waals surface area contributed by atoms with Crippen LogP contribution in [0.5, 0.6) is 0 Å². The van der Waals surface area contributed by atoms with Crippen molar-refractivity contribution in [1.82, 2.24) is 28.8 Å². The Labute approximate surface area is 236 Å². The number of hydrogen-bond acceptors (Lipinski definition) is 6. The van der Waals surface area contributed by atoms with Gasteiger partial charge in [0.15, 0.2) is 0 Å². The molecule has 12 heteroatoms. The van der Waals surface area contributed by atoms with Crippen LogP contribution in [0.1, 0.15) is 58.0 Å². The zero-order chi connectivity index (χ0) is 29.6. The van der Waals surface area contributed by atoms with Crippen LogP contribution in [0.15, 0.2) is 35.3 Å². The van der Waals surface area contributed by atoms with Gasteiger partial charge in [0.1, 0.15) is 17.9 Å². The molecule has 0 bridgehead atoms. The van der Waals surface area contributed by atoms with Crippen molar-refractivity contribution in [3.63, 3.8) is 0 Å².